The molecule has 0 atom stereocenters. The first-order valence-corrected chi connectivity index (χ1v) is 6.91. The van der Waals surface area contributed by atoms with Crippen LogP contribution in [0.3, 0.4) is 0 Å². The highest BCUT2D eigenvalue weighted by molar-refractivity contribution is 7.90. The van der Waals surface area contributed by atoms with Gasteiger partial charge in [-0.2, -0.15) is 0 Å². The number of hydrogen-bond acceptors (Lipinski definition) is 5. The Hall–Kier alpha value is -1.89. The molecule has 2 N–H and O–H groups in total. The third kappa shape index (κ3) is 2.21. The fourth-order valence-electron chi connectivity index (χ4n) is 1.66. The molecule has 1 aromatic carbocycles. The van der Waals surface area contributed by atoms with Crippen LogP contribution in [0.1, 0.15) is 5.56 Å². The second kappa shape index (κ2) is 4.09. The van der Waals surface area contributed by atoms with Gasteiger partial charge in [-0.15, -0.1) is 0 Å². The Balaban J connectivity index is 2.70. The standard InChI is InChI=1S/C11H11FN2O3S/c1-6-3-8(12)7(4-10(6)18(2,15)16)9-5-11(13)14-17-9/h3-5H,1-2H3,(H2,13,14). The highest BCUT2D eigenvalue weighted by Crippen LogP contribution is 2.29. The number of rotatable bonds is 2. The number of nitrogen functional groups attached to an aromatic ring is 1. The van der Waals surface area contributed by atoms with Crippen molar-refractivity contribution in [2.24, 2.45) is 0 Å². The summed E-state index contributed by atoms with van der Waals surface area (Å²) < 4.78 is 41.7. The summed E-state index contributed by atoms with van der Waals surface area (Å²) in [6.07, 6.45) is 1.06. The number of anilines is 1. The summed E-state index contributed by atoms with van der Waals surface area (Å²) in [6, 6.07) is 3.70. The van der Waals surface area contributed by atoms with Crippen LogP contribution in [-0.2, 0) is 9.84 Å². The molecule has 0 radical (unpaired) electrons. The van der Waals surface area contributed by atoms with Gasteiger partial charge in [0.25, 0.3) is 0 Å². The zero-order valence-electron chi connectivity index (χ0n) is 9.77. The molecule has 5 nitrogen and oxygen atoms in total. The van der Waals surface area contributed by atoms with Gasteiger partial charge >= 0.3 is 0 Å². The maximum absolute atomic E-state index is 13.8. The Morgan fingerprint density at radius 3 is 2.50 bits per heavy atom. The molecule has 1 aromatic heterocycles. The van der Waals surface area contributed by atoms with Crippen molar-refractivity contribution in [2.45, 2.75) is 11.8 Å². The van der Waals surface area contributed by atoms with Crippen LogP contribution in [-0.4, -0.2) is 19.8 Å². The molecule has 0 spiro atoms. The van der Waals surface area contributed by atoms with Crippen LogP contribution in [0, 0.1) is 12.7 Å². The summed E-state index contributed by atoms with van der Waals surface area (Å²) in [7, 11) is -3.43. The molecule has 2 aromatic rings. The number of nitrogens with zero attached hydrogens (tertiary/aromatic N) is 1. The Morgan fingerprint density at radius 1 is 1.33 bits per heavy atom. The number of sulfone groups is 1. The van der Waals surface area contributed by atoms with Gasteiger partial charge in [-0.3, -0.25) is 0 Å². The maximum atomic E-state index is 13.8. The monoisotopic (exact) mass is 270 g/mol. The van der Waals surface area contributed by atoms with Gasteiger partial charge in [0.15, 0.2) is 21.4 Å². The summed E-state index contributed by atoms with van der Waals surface area (Å²) in [4.78, 5) is 0.0499. The van der Waals surface area contributed by atoms with Crippen molar-refractivity contribution in [1.82, 2.24) is 5.16 Å². The van der Waals surface area contributed by atoms with Gasteiger partial charge in [0.05, 0.1) is 10.5 Å². The topological polar surface area (TPSA) is 86.2 Å². The molecule has 7 heteroatoms. The fourth-order valence-corrected chi connectivity index (χ4v) is 2.63. The van der Waals surface area contributed by atoms with Crippen LogP contribution in [0.5, 0.6) is 0 Å². The second-order valence-corrected chi connectivity index (χ2v) is 5.97. The lowest BCUT2D eigenvalue weighted by molar-refractivity contribution is 0.433. The molecular formula is C11H11FN2O3S. The van der Waals surface area contributed by atoms with Gasteiger partial charge in [-0.05, 0) is 24.6 Å². The van der Waals surface area contributed by atoms with Gasteiger partial charge < -0.3 is 10.3 Å². The molecule has 96 valence electrons. The van der Waals surface area contributed by atoms with E-state index in [0.29, 0.717) is 5.56 Å². The van der Waals surface area contributed by atoms with Gasteiger partial charge in [0.2, 0.25) is 0 Å². The largest absolute Gasteiger partial charge is 0.381 e. The summed E-state index contributed by atoms with van der Waals surface area (Å²) in [5.74, 6) is -0.392. The molecule has 0 saturated carbocycles. The molecule has 1 heterocycles. The molecule has 2 rings (SSSR count). The predicted molar refractivity (Wildman–Crippen MR) is 64.2 cm³/mol. The van der Waals surface area contributed by atoms with Crippen molar-refractivity contribution in [3.8, 4) is 11.3 Å². The smallest absolute Gasteiger partial charge is 0.175 e. The molecule has 0 amide bonds. The van der Waals surface area contributed by atoms with E-state index in [1.807, 2.05) is 0 Å². The van der Waals surface area contributed by atoms with E-state index in [2.05, 4.69) is 5.16 Å². The first-order chi connectivity index (χ1) is 8.29. The first-order valence-electron chi connectivity index (χ1n) is 5.02. The third-order valence-corrected chi connectivity index (χ3v) is 3.70. The van der Waals surface area contributed by atoms with E-state index in [0.717, 1.165) is 12.3 Å². The number of hydrogen-bond donors (Lipinski definition) is 1. The number of halogens is 1. The predicted octanol–water partition coefficient (Wildman–Crippen LogP) is 1.77. The Kier molecular flexibility index (Phi) is 2.86. The maximum Gasteiger partial charge on any atom is 0.175 e. The number of aryl methyl sites for hydroxylation is 1. The molecule has 0 aliphatic carbocycles. The minimum absolute atomic E-state index is 0.0187. The number of nitrogens with two attached hydrogens (primary N) is 1. The molecule has 0 aliphatic heterocycles. The van der Waals surface area contributed by atoms with Crippen molar-refractivity contribution in [2.75, 3.05) is 12.0 Å². The van der Waals surface area contributed by atoms with E-state index in [1.165, 1.54) is 19.1 Å². The molecule has 0 aliphatic rings. The average molecular weight is 270 g/mol. The Bertz CT molecular complexity index is 707. The first kappa shape index (κ1) is 12.6. The third-order valence-electron chi connectivity index (χ3n) is 2.46. The van der Waals surface area contributed by atoms with E-state index in [9.17, 15) is 12.8 Å². The van der Waals surface area contributed by atoms with Crippen LogP contribution in [0.25, 0.3) is 11.3 Å². The van der Waals surface area contributed by atoms with Gasteiger partial charge in [0, 0.05) is 12.3 Å². The van der Waals surface area contributed by atoms with Crippen LogP contribution < -0.4 is 5.73 Å². The minimum atomic E-state index is -3.43. The van der Waals surface area contributed by atoms with Crippen LogP contribution in [0.2, 0.25) is 0 Å². The fraction of sp³-hybridized carbons (Fsp3) is 0.182. The molecule has 18 heavy (non-hydrogen) atoms. The minimum Gasteiger partial charge on any atom is -0.381 e. The van der Waals surface area contributed by atoms with Gasteiger partial charge in [-0.25, -0.2) is 12.8 Å². The quantitative estimate of drug-likeness (QED) is 0.840. The van der Waals surface area contributed by atoms with Crippen LogP contribution in [0.15, 0.2) is 27.6 Å². The molecular weight excluding hydrogens is 259 g/mol. The zero-order valence-corrected chi connectivity index (χ0v) is 10.6. The zero-order chi connectivity index (χ0) is 13.5. The normalized spacial score (nSPS) is 11.7. The summed E-state index contributed by atoms with van der Waals surface area (Å²) in [5.41, 5.74) is 5.73. The van der Waals surface area contributed by atoms with Gasteiger partial charge in [0.1, 0.15) is 5.82 Å². The van der Waals surface area contributed by atoms with E-state index >= 15 is 0 Å². The highest BCUT2D eigenvalue weighted by Gasteiger charge is 2.18. The SMILES string of the molecule is Cc1cc(F)c(-c2cc(N)no2)cc1S(C)(=O)=O. The van der Waals surface area contributed by atoms with E-state index in [4.69, 9.17) is 10.3 Å². The Labute approximate surface area is 103 Å². The van der Waals surface area contributed by atoms with Crippen molar-refractivity contribution < 1.29 is 17.3 Å². The lowest BCUT2D eigenvalue weighted by Crippen LogP contribution is -2.01. The molecule has 0 saturated heterocycles. The molecule has 0 unspecified atom stereocenters. The molecule has 0 bridgehead atoms. The average Bonchev–Trinajstić information content (AvgIpc) is 2.62. The lowest BCUT2D eigenvalue weighted by Gasteiger charge is -2.06. The lowest BCUT2D eigenvalue weighted by atomic mass is 10.1. The molecule has 0 fully saturated rings. The summed E-state index contributed by atoms with van der Waals surface area (Å²) >= 11 is 0. The van der Waals surface area contributed by atoms with E-state index < -0.39 is 15.7 Å². The van der Waals surface area contributed by atoms with E-state index in [1.54, 1.807) is 0 Å². The number of aromatic nitrogens is 1. The van der Waals surface area contributed by atoms with Crippen molar-refractivity contribution >= 4 is 15.7 Å². The van der Waals surface area contributed by atoms with Gasteiger partial charge in [-0.1, -0.05) is 5.16 Å². The van der Waals surface area contributed by atoms with E-state index in [-0.39, 0.29) is 22.0 Å². The highest BCUT2D eigenvalue weighted by atomic mass is 32.2. The second-order valence-electron chi connectivity index (χ2n) is 3.99. The van der Waals surface area contributed by atoms with Crippen molar-refractivity contribution in [3.63, 3.8) is 0 Å². The Morgan fingerprint density at radius 2 is 2.00 bits per heavy atom. The summed E-state index contributed by atoms with van der Waals surface area (Å²) in [5, 5.41) is 3.44. The van der Waals surface area contributed by atoms with Crippen molar-refractivity contribution in [1.29, 1.82) is 0 Å². The van der Waals surface area contributed by atoms with Crippen molar-refractivity contribution in [3.05, 3.63) is 29.6 Å². The van der Waals surface area contributed by atoms with Crippen LogP contribution in [0.4, 0.5) is 10.2 Å². The summed E-state index contributed by atoms with van der Waals surface area (Å²) in [6.45, 7) is 1.53. The van der Waals surface area contributed by atoms with Crippen LogP contribution >= 0.6 is 0 Å². The number of benzene rings is 1.